The standard InChI is InChI=1S/C6H6F8/c1-5(11,12)6(13,14)3(8)2(7)4(9)10/h2-4H,1H3. The summed E-state index contributed by atoms with van der Waals surface area (Å²) in [5.41, 5.74) is 0. The highest BCUT2D eigenvalue weighted by atomic mass is 19.3. The number of halogens is 8. The summed E-state index contributed by atoms with van der Waals surface area (Å²) >= 11 is 0. The molecule has 0 heterocycles. The zero-order valence-electron chi connectivity index (χ0n) is 6.76. The first-order valence-electron chi connectivity index (χ1n) is 3.33. The molecule has 2 unspecified atom stereocenters. The van der Waals surface area contributed by atoms with Gasteiger partial charge in [-0.1, -0.05) is 0 Å². The van der Waals surface area contributed by atoms with Crippen molar-refractivity contribution in [3.63, 3.8) is 0 Å². The minimum absolute atomic E-state index is 0.377. The van der Waals surface area contributed by atoms with E-state index < -0.39 is 30.6 Å². The summed E-state index contributed by atoms with van der Waals surface area (Å²) < 4.78 is 95.5. The fourth-order valence-electron chi connectivity index (χ4n) is 0.570. The molecule has 0 aromatic heterocycles. The van der Waals surface area contributed by atoms with Crippen LogP contribution in [0.15, 0.2) is 0 Å². The van der Waals surface area contributed by atoms with Gasteiger partial charge in [0.1, 0.15) is 0 Å². The Balaban J connectivity index is 4.75. The van der Waals surface area contributed by atoms with Gasteiger partial charge in [-0.3, -0.25) is 0 Å². The van der Waals surface area contributed by atoms with Crippen LogP contribution in [0.3, 0.4) is 0 Å². The molecule has 86 valence electrons. The zero-order chi connectivity index (χ0) is 11.7. The molecule has 0 aromatic rings. The highest BCUT2D eigenvalue weighted by Gasteiger charge is 2.62. The molecule has 0 N–H and O–H groups in total. The van der Waals surface area contributed by atoms with Crippen LogP contribution in [0.1, 0.15) is 6.92 Å². The van der Waals surface area contributed by atoms with Crippen LogP contribution >= 0.6 is 0 Å². The van der Waals surface area contributed by atoms with Crippen molar-refractivity contribution in [2.75, 3.05) is 0 Å². The van der Waals surface area contributed by atoms with E-state index in [0.717, 1.165) is 0 Å². The highest BCUT2D eigenvalue weighted by Crippen LogP contribution is 2.40. The van der Waals surface area contributed by atoms with Crippen molar-refractivity contribution >= 4 is 0 Å². The van der Waals surface area contributed by atoms with Gasteiger partial charge < -0.3 is 0 Å². The van der Waals surface area contributed by atoms with Crippen molar-refractivity contribution < 1.29 is 35.1 Å². The van der Waals surface area contributed by atoms with E-state index in [2.05, 4.69) is 0 Å². The fourth-order valence-corrected chi connectivity index (χ4v) is 0.570. The summed E-state index contributed by atoms with van der Waals surface area (Å²) in [7, 11) is 0. The Kier molecular flexibility index (Phi) is 3.74. The molecule has 0 aliphatic heterocycles. The SMILES string of the molecule is CC(F)(F)C(F)(F)C(F)C(F)C(F)F. The average molecular weight is 230 g/mol. The van der Waals surface area contributed by atoms with Crippen molar-refractivity contribution in [1.82, 2.24) is 0 Å². The number of hydrogen-bond acceptors (Lipinski definition) is 0. The smallest absolute Gasteiger partial charge is 0.238 e. The van der Waals surface area contributed by atoms with E-state index in [4.69, 9.17) is 0 Å². The lowest BCUT2D eigenvalue weighted by atomic mass is 10.0. The van der Waals surface area contributed by atoms with Crippen LogP contribution in [0, 0.1) is 0 Å². The Labute approximate surface area is 73.9 Å². The average Bonchev–Trinajstić information content (AvgIpc) is 1.99. The predicted octanol–water partition coefficient (Wildman–Crippen LogP) is 3.22. The van der Waals surface area contributed by atoms with E-state index in [0.29, 0.717) is 0 Å². The number of rotatable bonds is 4. The maximum absolute atomic E-state index is 12.2. The molecular formula is C6H6F8. The van der Waals surface area contributed by atoms with Crippen LogP contribution in [0.2, 0.25) is 0 Å². The van der Waals surface area contributed by atoms with Crippen LogP contribution in [0.25, 0.3) is 0 Å². The summed E-state index contributed by atoms with van der Waals surface area (Å²) in [5.74, 6) is -10.4. The molecule has 0 fully saturated rings. The Morgan fingerprint density at radius 2 is 1.21 bits per heavy atom. The van der Waals surface area contributed by atoms with E-state index in [1.165, 1.54) is 0 Å². The van der Waals surface area contributed by atoms with E-state index >= 15 is 0 Å². The van der Waals surface area contributed by atoms with Gasteiger partial charge in [0.05, 0.1) is 0 Å². The molecule has 0 aliphatic carbocycles. The molecule has 0 saturated heterocycles. The molecule has 0 saturated carbocycles. The lowest BCUT2D eigenvalue weighted by molar-refractivity contribution is -0.246. The van der Waals surface area contributed by atoms with Crippen LogP contribution in [0.5, 0.6) is 0 Å². The van der Waals surface area contributed by atoms with Gasteiger partial charge in [-0.25, -0.2) is 26.3 Å². The second-order valence-corrected chi connectivity index (χ2v) is 2.69. The van der Waals surface area contributed by atoms with Gasteiger partial charge in [-0.2, -0.15) is 8.78 Å². The van der Waals surface area contributed by atoms with Gasteiger partial charge in [0.15, 0.2) is 6.17 Å². The summed E-state index contributed by atoms with van der Waals surface area (Å²) in [6.45, 7) is -0.377. The van der Waals surface area contributed by atoms with Crippen molar-refractivity contribution in [2.45, 2.75) is 37.5 Å². The number of alkyl halides is 8. The van der Waals surface area contributed by atoms with Crippen molar-refractivity contribution in [3.05, 3.63) is 0 Å². The monoisotopic (exact) mass is 230 g/mol. The van der Waals surface area contributed by atoms with Gasteiger partial charge in [-0.05, 0) is 0 Å². The quantitative estimate of drug-likeness (QED) is 0.650. The summed E-state index contributed by atoms with van der Waals surface area (Å²) in [6, 6.07) is 0. The molecule has 0 radical (unpaired) electrons. The molecule has 0 aliphatic rings. The maximum Gasteiger partial charge on any atom is 0.343 e. The zero-order valence-corrected chi connectivity index (χ0v) is 6.76. The summed E-state index contributed by atoms with van der Waals surface area (Å²) in [4.78, 5) is 0. The minimum atomic E-state index is -5.46. The van der Waals surface area contributed by atoms with Gasteiger partial charge in [0.2, 0.25) is 6.17 Å². The first-order valence-corrected chi connectivity index (χ1v) is 3.33. The van der Waals surface area contributed by atoms with Crippen molar-refractivity contribution in [2.24, 2.45) is 0 Å². The van der Waals surface area contributed by atoms with E-state index in [1.807, 2.05) is 0 Å². The molecule has 0 spiro atoms. The molecule has 0 amide bonds. The second kappa shape index (κ2) is 3.90. The molecule has 0 nitrogen and oxygen atoms in total. The summed E-state index contributed by atoms with van der Waals surface area (Å²) in [5, 5.41) is 0. The lowest BCUT2D eigenvalue weighted by Crippen LogP contribution is -2.51. The lowest BCUT2D eigenvalue weighted by Gasteiger charge is -2.27. The van der Waals surface area contributed by atoms with Crippen LogP contribution in [-0.4, -0.2) is 30.6 Å². The summed E-state index contributed by atoms with van der Waals surface area (Å²) in [6.07, 6.45) is -12.2. The third kappa shape index (κ3) is 2.48. The Morgan fingerprint density at radius 1 is 0.857 bits per heavy atom. The normalized spacial score (nSPS) is 18.4. The topological polar surface area (TPSA) is 0 Å². The van der Waals surface area contributed by atoms with Crippen LogP contribution < -0.4 is 0 Å². The van der Waals surface area contributed by atoms with E-state index in [9.17, 15) is 35.1 Å². The van der Waals surface area contributed by atoms with Gasteiger partial charge >= 0.3 is 11.8 Å². The minimum Gasteiger partial charge on any atom is -0.238 e. The van der Waals surface area contributed by atoms with E-state index in [1.54, 1.807) is 0 Å². The Hall–Kier alpha value is -0.560. The Morgan fingerprint density at radius 3 is 1.43 bits per heavy atom. The van der Waals surface area contributed by atoms with Crippen molar-refractivity contribution in [3.8, 4) is 0 Å². The van der Waals surface area contributed by atoms with Gasteiger partial charge in [-0.15, -0.1) is 0 Å². The third-order valence-corrected chi connectivity index (χ3v) is 1.45. The molecule has 0 aromatic carbocycles. The first kappa shape index (κ1) is 13.4. The van der Waals surface area contributed by atoms with Gasteiger partial charge in [0.25, 0.3) is 6.43 Å². The fraction of sp³-hybridized carbons (Fsp3) is 1.00. The largest absolute Gasteiger partial charge is 0.343 e. The molecule has 8 heteroatoms. The van der Waals surface area contributed by atoms with Crippen LogP contribution in [0.4, 0.5) is 35.1 Å². The highest BCUT2D eigenvalue weighted by molar-refractivity contribution is 4.92. The maximum atomic E-state index is 12.2. The number of hydrogen-bond donors (Lipinski definition) is 0. The molecule has 14 heavy (non-hydrogen) atoms. The third-order valence-electron chi connectivity index (χ3n) is 1.45. The van der Waals surface area contributed by atoms with Crippen LogP contribution in [-0.2, 0) is 0 Å². The molecule has 2 atom stereocenters. The van der Waals surface area contributed by atoms with Crippen molar-refractivity contribution in [1.29, 1.82) is 0 Å². The predicted molar refractivity (Wildman–Crippen MR) is 31.4 cm³/mol. The molecule has 0 bridgehead atoms. The molecular weight excluding hydrogens is 224 g/mol. The van der Waals surface area contributed by atoms with E-state index in [-0.39, 0.29) is 6.92 Å². The first-order chi connectivity index (χ1) is 6.01. The molecule has 0 rings (SSSR count). The second-order valence-electron chi connectivity index (χ2n) is 2.69. The Bertz CT molecular complexity index is 183. The van der Waals surface area contributed by atoms with Gasteiger partial charge in [0, 0.05) is 6.92 Å².